The molecule has 0 saturated carbocycles. The lowest BCUT2D eigenvalue weighted by molar-refractivity contribution is 0.302. The van der Waals surface area contributed by atoms with E-state index in [4.69, 9.17) is 33.7 Å². The Hall–Kier alpha value is -0.970. The van der Waals surface area contributed by atoms with Crippen molar-refractivity contribution in [2.24, 2.45) is 0 Å². The molecule has 0 fully saturated rings. The SMILES string of the molecule is Nc1nc(COc2cc(Cl)ccc2Cl)cs1. The van der Waals surface area contributed by atoms with Gasteiger partial charge in [0.2, 0.25) is 0 Å². The summed E-state index contributed by atoms with van der Waals surface area (Å²) in [6.07, 6.45) is 0. The van der Waals surface area contributed by atoms with Crippen LogP contribution in [-0.2, 0) is 6.61 Å². The van der Waals surface area contributed by atoms with Gasteiger partial charge in [0.1, 0.15) is 12.4 Å². The van der Waals surface area contributed by atoms with Crippen molar-refractivity contribution in [2.75, 3.05) is 5.73 Å². The van der Waals surface area contributed by atoms with Gasteiger partial charge in [0, 0.05) is 16.5 Å². The third kappa shape index (κ3) is 2.78. The number of anilines is 1. The van der Waals surface area contributed by atoms with E-state index in [1.807, 2.05) is 5.38 Å². The first-order chi connectivity index (χ1) is 7.65. The minimum Gasteiger partial charge on any atom is -0.486 e. The van der Waals surface area contributed by atoms with Crippen molar-refractivity contribution in [1.29, 1.82) is 0 Å². The number of nitrogen functional groups attached to an aromatic ring is 1. The molecule has 0 spiro atoms. The number of rotatable bonds is 3. The summed E-state index contributed by atoms with van der Waals surface area (Å²) in [7, 11) is 0. The van der Waals surface area contributed by atoms with Crippen LogP contribution in [0.4, 0.5) is 5.13 Å². The minimum atomic E-state index is 0.327. The van der Waals surface area contributed by atoms with Gasteiger partial charge in [-0.1, -0.05) is 23.2 Å². The molecule has 1 heterocycles. The van der Waals surface area contributed by atoms with Gasteiger partial charge in [-0.25, -0.2) is 4.98 Å². The number of benzene rings is 1. The molecule has 0 amide bonds. The number of ether oxygens (including phenoxy) is 1. The average molecular weight is 275 g/mol. The van der Waals surface area contributed by atoms with Crippen LogP contribution in [0.5, 0.6) is 5.75 Å². The van der Waals surface area contributed by atoms with Gasteiger partial charge in [0.15, 0.2) is 5.13 Å². The molecule has 0 aliphatic heterocycles. The normalized spacial score (nSPS) is 10.4. The number of hydrogen-bond donors (Lipinski definition) is 1. The summed E-state index contributed by atoms with van der Waals surface area (Å²) in [6, 6.07) is 5.06. The monoisotopic (exact) mass is 274 g/mol. The van der Waals surface area contributed by atoms with E-state index < -0.39 is 0 Å². The molecular weight excluding hydrogens is 267 g/mol. The van der Waals surface area contributed by atoms with E-state index >= 15 is 0 Å². The Labute approximate surface area is 107 Å². The molecule has 0 bridgehead atoms. The van der Waals surface area contributed by atoms with Gasteiger partial charge in [0.25, 0.3) is 0 Å². The number of aromatic nitrogens is 1. The Balaban J connectivity index is 2.07. The van der Waals surface area contributed by atoms with Crippen LogP contribution in [0, 0.1) is 0 Å². The molecule has 1 aromatic carbocycles. The first-order valence-corrected chi connectivity index (χ1v) is 6.06. The molecule has 2 aromatic rings. The van der Waals surface area contributed by atoms with Crippen LogP contribution in [0.25, 0.3) is 0 Å². The highest BCUT2D eigenvalue weighted by Gasteiger charge is 2.04. The summed E-state index contributed by atoms with van der Waals surface area (Å²) in [6.45, 7) is 0.327. The fourth-order valence-corrected chi connectivity index (χ4v) is 2.01. The number of halogens is 2. The van der Waals surface area contributed by atoms with Crippen molar-refractivity contribution in [2.45, 2.75) is 6.61 Å². The van der Waals surface area contributed by atoms with E-state index in [0.717, 1.165) is 5.69 Å². The molecule has 0 saturated heterocycles. The molecule has 16 heavy (non-hydrogen) atoms. The van der Waals surface area contributed by atoms with Crippen molar-refractivity contribution in [3.8, 4) is 5.75 Å². The predicted molar refractivity (Wildman–Crippen MR) is 67.3 cm³/mol. The van der Waals surface area contributed by atoms with Crippen LogP contribution in [0.15, 0.2) is 23.6 Å². The minimum absolute atomic E-state index is 0.327. The Kier molecular flexibility index (Phi) is 3.53. The molecule has 3 nitrogen and oxygen atoms in total. The fourth-order valence-electron chi connectivity index (χ4n) is 1.13. The Morgan fingerprint density at radius 2 is 2.19 bits per heavy atom. The topological polar surface area (TPSA) is 48.1 Å². The number of thiazole rings is 1. The third-order valence-electron chi connectivity index (χ3n) is 1.84. The second kappa shape index (κ2) is 4.91. The maximum atomic E-state index is 5.94. The van der Waals surface area contributed by atoms with E-state index in [-0.39, 0.29) is 0 Å². The van der Waals surface area contributed by atoms with Gasteiger partial charge < -0.3 is 10.5 Å². The maximum absolute atomic E-state index is 5.94. The Morgan fingerprint density at radius 3 is 2.88 bits per heavy atom. The van der Waals surface area contributed by atoms with Crippen LogP contribution in [-0.4, -0.2) is 4.98 Å². The molecule has 0 unspecified atom stereocenters. The summed E-state index contributed by atoms with van der Waals surface area (Å²) in [4.78, 5) is 4.07. The Morgan fingerprint density at radius 1 is 1.38 bits per heavy atom. The molecule has 6 heteroatoms. The molecule has 0 aliphatic rings. The summed E-state index contributed by atoms with van der Waals surface area (Å²) in [5, 5.41) is 3.47. The molecule has 0 aliphatic carbocycles. The predicted octanol–water partition coefficient (Wildman–Crippen LogP) is 3.61. The second-order valence-corrected chi connectivity index (χ2v) is 4.77. The van der Waals surface area contributed by atoms with Gasteiger partial charge in [-0.05, 0) is 12.1 Å². The highest BCUT2D eigenvalue weighted by molar-refractivity contribution is 7.13. The summed E-state index contributed by atoms with van der Waals surface area (Å²) in [5.41, 5.74) is 6.28. The third-order valence-corrected chi connectivity index (χ3v) is 3.11. The van der Waals surface area contributed by atoms with E-state index in [1.165, 1.54) is 11.3 Å². The van der Waals surface area contributed by atoms with Gasteiger partial charge in [-0.2, -0.15) is 0 Å². The van der Waals surface area contributed by atoms with Crippen molar-refractivity contribution in [3.05, 3.63) is 39.3 Å². The van der Waals surface area contributed by atoms with E-state index in [9.17, 15) is 0 Å². The lowest BCUT2D eigenvalue weighted by Crippen LogP contribution is -1.96. The molecular formula is C10H8Cl2N2OS. The highest BCUT2D eigenvalue weighted by Crippen LogP contribution is 2.28. The largest absolute Gasteiger partial charge is 0.486 e. The van der Waals surface area contributed by atoms with Crippen molar-refractivity contribution < 1.29 is 4.74 Å². The van der Waals surface area contributed by atoms with Crippen LogP contribution in [0.1, 0.15) is 5.69 Å². The standard InChI is InChI=1S/C10H8Cl2N2OS/c11-6-1-2-8(12)9(3-6)15-4-7-5-16-10(13)14-7/h1-3,5H,4H2,(H2,13,14). The van der Waals surface area contributed by atoms with Crippen molar-refractivity contribution in [1.82, 2.24) is 4.98 Å². The summed E-state index contributed by atoms with van der Waals surface area (Å²) in [5.74, 6) is 0.542. The van der Waals surface area contributed by atoms with E-state index in [1.54, 1.807) is 18.2 Å². The zero-order chi connectivity index (χ0) is 11.5. The van der Waals surface area contributed by atoms with E-state index in [0.29, 0.717) is 27.5 Å². The zero-order valence-electron chi connectivity index (χ0n) is 8.11. The highest BCUT2D eigenvalue weighted by atomic mass is 35.5. The van der Waals surface area contributed by atoms with Crippen LogP contribution < -0.4 is 10.5 Å². The summed E-state index contributed by atoms with van der Waals surface area (Å²) < 4.78 is 5.49. The molecule has 84 valence electrons. The van der Waals surface area contributed by atoms with Crippen molar-refractivity contribution >= 4 is 39.7 Å². The fraction of sp³-hybridized carbons (Fsp3) is 0.100. The van der Waals surface area contributed by atoms with E-state index in [2.05, 4.69) is 4.98 Å². The zero-order valence-corrected chi connectivity index (χ0v) is 10.4. The second-order valence-electron chi connectivity index (χ2n) is 3.04. The quantitative estimate of drug-likeness (QED) is 0.930. The maximum Gasteiger partial charge on any atom is 0.180 e. The van der Waals surface area contributed by atoms with Gasteiger partial charge in [0.05, 0.1) is 10.7 Å². The molecule has 2 rings (SSSR count). The molecule has 1 aromatic heterocycles. The molecule has 0 atom stereocenters. The lowest BCUT2D eigenvalue weighted by Gasteiger charge is -2.06. The van der Waals surface area contributed by atoms with Gasteiger partial charge in [-0.3, -0.25) is 0 Å². The first-order valence-electron chi connectivity index (χ1n) is 4.43. The van der Waals surface area contributed by atoms with Gasteiger partial charge >= 0.3 is 0 Å². The van der Waals surface area contributed by atoms with Crippen LogP contribution >= 0.6 is 34.5 Å². The van der Waals surface area contributed by atoms with Crippen LogP contribution in [0.2, 0.25) is 10.0 Å². The Bertz CT molecular complexity index is 501. The average Bonchev–Trinajstić information content (AvgIpc) is 2.66. The number of nitrogens with two attached hydrogens (primary N) is 1. The summed E-state index contributed by atoms with van der Waals surface area (Å²) >= 11 is 13.1. The lowest BCUT2D eigenvalue weighted by atomic mass is 10.3. The van der Waals surface area contributed by atoms with Gasteiger partial charge in [-0.15, -0.1) is 11.3 Å². The smallest absolute Gasteiger partial charge is 0.180 e. The molecule has 0 radical (unpaired) electrons. The molecule has 2 N–H and O–H groups in total. The van der Waals surface area contributed by atoms with Crippen LogP contribution in [0.3, 0.4) is 0 Å². The van der Waals surface area contributed by atoms with Crippen molar-refractivity contribution in [3.63, 3.8) is 0 Å². The number of hydrogen-bond acceptors (Lipinski definition) is 4. The first kappa shape index (κ1) is 11.5. The number of nitrogens with zero attached hydrogens (tertiary/aromatic N) is 1.